The third-order valence-electron chi connectivity index (χ3n) is 10.4. The van der Waals surface area contributed by atoms with Crippen molar-refractivity contribution in [2.75, 3.05) is 0 Å². The third kappa shape index (κ3) is 34.5. The van der Waals surface area contributed by atoms with Crippen LogP contribution in [0, 0.1) is 17.8 Å². The molecule has 0 aromatic carbocycles. The predicted octanol–water partition coefficient (Wildman–Crippen LogP) is 16.2. The summed E-state index contributed by atoms with van der Waals surface area (Å²) in [6, 6.07) is 0. The lowest BCUT2D eigenvalue weighted by atomic mass is 9.92. The van der Waals surface area contributed by atoms with Crippen LogP contribution in [0.4, 0.5) is 0 Å². The molecule has 0 bridgehead atoms. The SMILES string of the molecule is CCCCCCCCCCCCCCCCCCCCC(C)CCCCCCCC(C)CCCC(C)CCCCCC. The fraction of sp³-hybridized carbons (Fsp3) is 1.00. The fourth-order valence-electron chi connectivity index (χ4n) is 7.08. The van der Waals surface area contributed by atoms with Crippen LogP contribution in [-0.2, 0) is 0 Å². The average molecular weight is 591 g/mol. The Morgan fingerprint density at radius 1 is 0.214 bits per heavy atom. The van der Waals surface area contributed by atoms with E-state index in [0.29, 0.717) is 0 Å². The minimum absolute atomic E-state index is 0.951. The van der Waals surface area contributed by atoms with E-state index in [1.54, 1.807) is 0 Å². The van der Waals surface area contributed by atoms with Gasteiger partial charge < -0.3 is 0 Å². The van der Waals surface area contributed by atoms with Crippen LogP contribution in [-0.4, -0.2) is 0 Å². The second-order valence-electron chi connectivity index (χ2n) is 15.2. The van der Waals surface area contributed by atoms with Crippen molar-refractivity contribution in [1.29, 1.82) is 0 Å². The molecule has 0 nitrogen and oxygen atoms in total. The van der Waals surface area contributed by atoms with Gasteiger partial charge >= 0.3 is 0 Å². The van der Waals surface area contributed by atoms with Gasteiger partial charge in [-0.15, -0.1) is 0 Å². The van der Waals surface area contributed by atoms with E-state index in [4.69, 9.17) is 0 Å². The van der Waals surface area contributed by atoms with E-state index in [1.165, 1.54) is 218 Å². The van der Waals surface area contributed by atoms with Gasteiger partial charge in [-0.1, -0.05) is 253 Å². The molecule has 0 aromatic heterocycles. The molecular formula is C42H86. The molecular weight excluding hydrogens is 504 g/mol. The molecule has 0 spiro atoms. The Balaban J connectivity index is 3.28. The molecule has 0 aliphatic carbocycles. The molecule has 42 heavy (non-hydrogen) atoms. The van der Waals surface area contributed by atoms with Gasteiger partial charge in [-0.25, -0.2) is 0 Å². The smallest absolute Gasteiger partial charge is 0.0443 e. The van der Waals surface area contributed by atoms with Gasteiger partial charge in [0.1, 0.15) is 0 Å². The predicted molar refractivity (Wildman–Crippen MR) is 196 cm³/mol. The normalized spacial score (nSPS) is 13.9. The second-order valence-corrected chi connectivity index (χ2v) is 15.2. The second kappa shape index (κ2) is 35.5. The molecule has 3 unspecified atom stereocenters. The van der Waals surface area contributed by atoms with E-state index < -0.39 is 0 Å². The molecule has 0 aliphatic rings. The molecule has 3 atom stereocenters. The summed E-state index contributed by atoms with van der Waals surface area (Å²) >= 11 is 0. The van der Waals surface area contributed by atoms with Crippen LogP contribution in [0.15, 0.2) is 0 Å². The summed E-state index contributed by atoms with van der Waals surface area (Å²) in [6.45, 7) is 12.1. The zero-order valence-electron chi connectivity index (χ0n) is 30.8. The van der Waals surface area contributed by atoms with Gasteiger partial charge in [0.05, 0.1) is 0 Å². The zero-order valence-corrected chi connectivity index (χ0v) is 30.8. The summed E-state index contributed by atoms with van der Waals surface area (Å²) in [5, 5.41) is 0. The average Bonchev–Trinajstić information content (AvgIpc) is 2.98. The Morgan fingerprint density at radius 3 is 0.619 bits per heavy atom. The summed E-state index contributed by atoms with van der Waals surface area (Å²) in [7, 11) is 0. The molecule has 0 amide bonds. The van der Waals surface area contributed by atoms with Gasteiger partial charge in [0.2, 0.25) is 0 Å². The summed E-state index contributed by atoms with van der Waals surface area (Å²) in [6.07, 6.45) is 50.0. The lowest BCUT2D eigenvalue weighted by Gasteiger charge is -2.14. The fourth-order valence-corrected chi connectivity index (χ4v) is 7.08. The van der Waals surface area contributed by atoms with Crippen LogP contribution in [0.1, 0.15) is 253 Å². The van der Waals surface area contributed by atoms with Gasteiger partial charge in [-0.05, 0) is 17.8 Å². The molecule has 0 aliphatic heterocycles. The van der Waals surface area contributed by atoms with Crippen molar-refractivity contribution in [1.82, 2.24) is 0 Å². The van der Waals surface area contributed by atoms with E-state index in [0.717, 1.165) is 17.8 Å². The van der Waals surface area contributed by atoms with Crippen LogP contribution in [0.2, 0.25) is 0 Å². The van der Waals surface area contributed by atoms with Crippen molar-refractivity contribution < 1.29 is 0 Å². The first-order valence-corrected chi connectivity index (χ1v) is 20.6. The standard InChI is InChI=1S/C42H86/c1-6-8-10-12-13-14-15-16-17-18-19-20-21-22-23-24-26-30-35-40(3)36-31-27-25-28-32-37-42(5)39-33-38-41(4)34-29-11-9-7-2/h40-42H,6-39H2,1-5H3. The molecule has 0 radical (unpaired) electrons. The van der Waals surface area contributed by atoms with Crippen LogP contribution >= 0.6 is 0 Å². The molecule has 0 rings (SSSR count). The number of hydrogen-bond acceptors (Lipinski definition) is 0. The Labute approximate surface area is 270 Å². The lowest BCUT2D eigenvalue weighted by molar-refractivity contribution is 0.389. The van der Waals surface area contributed by atoms with Crippen molar-refractivity contribution >= 4 is 0 Å². The van der Waals surface area contributed by atoms with Crippen LogP contribution < -0.4 is 0 Å². The molecule has 0 heterocycles. The molecule has 0 aromatic rings. The quantitative estimate of drug-likeness (QED) is 0.0637. The van der Waals surface area contributed by atoms with Crippen LogP contribution in [0.25, 0.3) is 0 Å². The Hall–Kier alpha value is 0. The molecule has 0 saturated heterocycles. The zero-order chi connectivity index (χ0) is 30.8. The van der Waals surface area contributed by atoms with Crippen molar-refractivity contribution in [3.05, 3.63) is 0 Å². The van der Waals surface area contributed by atoms with E-state index >= 15 is 0 Å². The van der Waals surface area contributed by atoms with Gasteiger partial charge in [-0.3, -0.25) is 0 Å². The van der Waals surface area contributed by atoms with Gasteiger partial charge in [0, 0.05) is 0 Å². The maximum Gasteiger partial charge on any atom is -0.0443 e. The third-order valence-corrected chi connectivity index (χ3v) is 10.4. The minimum atomic E-state index is 0.951. The highest BCUT2D eigenvalue weighted by molar-refractivity contribution is 4.60. The minimum Gasteiger partial charge on any atom is -0.0654 e. The van der Waals surface area contributed by atoms with E-state index in [1.807, 2.05) is 0 Å². The van der Waals surface area contributed by atoms with E-state index in [2.05, 4.69) is 34.6 Å². The highest BCUT2D eigenvalue weighted by Gasteiger charge is 2.07. The van der Waals surface area contributed by atoms with Crippen molar-refractivity contribution in [3.63, 3.8) is 0 Å². The Kier molecular flexibility index (Phi) is 35.5. The first-order valence-electron chi connectivity index (χ1n) is 20.6. The van der Waals surface area contributed by atoms with Gasteiger partial charge in [0.25, 0.3) is 0 Å². The molecule has 0 saturated carbocycles. The molecule has 0 N–H and O–H groups in total. The summed E-state index contributed by atoms with van der Waals surface area (Å²) < 4.78 is 0. The molecule has 254 valence electrons. The van der Waals surface area contributed by atoms with Gasteiger partial charge in [-0.2, -0.15) is 0 Å². The first-order chi connectivity index (χ1) is 20.6. The Bertz CT molecular complexity index is 467. The topological polar surface area (TPSA) is 0 Å². The number of rotatable bonds is 36. The van der Waals surface area contributed by atoms with Crippen molar-refractivity contribution in [3.8, 4) is 0 Å². The number of unbranched alkanes of at least 4 members (excludes halogenated alkanes) is 24. The van der Waals surface area contributed by atoms with Crippen LogP contribution in [0.5, 0.6) is 0 Å². The number of hydrogen-bond donors (Lipinski definition) is 0. The summed E-state index contributed by atoms with van der Waals surface area (Å²) in [5.41, 5.74) is 0. The molecule has 0 heteroatoms. The summed E-state index contributed by atoms with van der Waals surface area (Å²) in [5.74, 6) is 2.86. The monoisotopic (exact) mass is 591 g/mol. The largest absolute Gasteiger partial charge is 0.0654 e. The first kappa shape index (κ1) is 42.0. The maximum absolute atomic E-state index is 2.52. The highest BCUT2D eigenvalue weighted by Crippen LogP contribution is 2.23. The van der Waals surface area contributed by atoms with E-state index in [9.17, 15) is 0 Å². The van der Waals surface area contributed by atoms with Crippen LogP contribution in [0.3, 0.4) is 0 Å². The van der Waals surface area contributed by atoms with Gasteiger partial charge in [0.15, 0.2) is 0 Å². The van der Waals surface area contributed by atoms with Crippen molar-refractivity contribution in [2.45, 2.75) is 253 Å². The Morgan fingerprint density at radius 2 is 0.381 bits per heavy atom. The summed E-state index contributed by atoms with van der Waals surface area (Å²) in [4.78, 5) is 0. The lowest BCUT2D eigenvalue weighted by Crippen LogP contribution is -1.99. The van der Waals surface area contributed by atoms with Crippen molar-refractivity contribution in [2.24, 2.45) is 17.8 Å². The highest BCUT2D eigenvalue weighted by atomic mass is 14.1. The maximum atomic E-state index is 2.52. The molecule has 0 fully saturated rings. The van der Waals surface area contributed by atoms with E-state index in [-0.39, 0.29) is 0 Å².